The van der Waals surface area contributed by atoms with E-state index >= 15 is 0 Å². The van der Waals surface area contributed by atoms with E-state index in [1.165, 1.54) is 0 Å². The highest BCUT2D eigenvalue weighted by Gasteiger charge is 2.19. The highest BCUT2D eigenvalue weighted by Crippen LogP contribution is 2.27. The number of para-hydroxylation sites is 4. The Hall–Kier alpha value is -2.37. The SMILES string of the molecule is CC(C)NC(Oc1ccccc1-n1cnc2ccccc21)C(C)O. The molecule has 2 N–H and O–H groups in total. The van der Waals surface area contributed by atoms with Crippen molar-refractivity contribution in [3.63, 3.8) is 0 Å². The van der Waals surface area contributed by atoms with E-state index in [0.29, 0.717) is 5.75 Å². The van der Waals surface area contributed by atoms with Crippen molar-refractivity contribution in [2.45, 2.75) is 39.1 Å². The smallest absolute Gasteiger partial charge is 0.176 e. The van der Waals surface area contributed by atoms with E-state index in [2.05, 4.69) is 10.3 Å². The summed E-state index contributed by atoms with van der Waals surface area (Å²) in [6.07, 6.45) is 0.668. The molecule has 0 saturated heterocycles. The predicted molar refractivity (Wildman–Crippen MR) is 95.4 cm³/mol. The van der Waals surface area contributed by atoms with Crippen LogP contribution >= 0.6 is 0 Å². The minimum Gasteiger partial charge on any atom is -0.470 e. The van der Waals surface area contributed by atoms with Crippen LogP contribution < -0.4 is 10.1 Å². The molecule has 0 spiro atoms. The van der Waals surface area contributed by atoms with Gasteiger partial charge in [0.2, 0.25) is 0 Å². The topological polar surface area (TPSA) is 59.3 Å². The first kappa shape index (κ1) is 16.5. The monoisotopic (exact) mass is 325 g/mol. The van der Waals surface area contributed by atoms with Gasteiger partial charge in [0.25, 0.3) is 0 Å². The van der Waals surface area contributed by atoms with Gasteiger partial charge in [0.15, 0.2) is 6.23 Å². The average molecular weight is 325 g/mol. The first-order chi connectivity index (χ1) is 11.6. The van der Waals surface area contributed by atoms with Crippen LogP contribution in [0, 0.1) is 0 Å². The number of nitrogens with one attached hydrogen (secondary N) is 1. The number of aliphatic hydroxyl groups is 1. The lowest BCUT2D eigenvalue weighted by Gasteiger charge is -2.26. The van der Waals surface area contributed by atoms with Crippen LogP contribution in [0.5, 0.6) is 5.75 Å². The molecule has 3 rings (SSSR count). The number of fused-ring (bicyclic) bond motifs is 1. The van der Waals surface area contributed by atoms with Crippen molar-refractivity contribution >= 4 is 11.0 Å². The van der Waals surface area contributed by atoms with Crippen molar-refractivity contribution in [3.05, 3.63) is 54.9 Å². The number of imidazole rings is 1. The fraction of sp³-hybridized carbons (Fsp3) is 0.316. The summed E-state index contributed by atoms with van der Waals surface area (Å²) >= 11 is 0. The van der Waals surface area contributed by atoms with E-state index in [0.717, 1.165) is 16.7 Å². The Bertz CT molecular complexity index is 811. The van der Waals surface area contributed by atoms with E-state index in [4.69, 9.17) is 4.74 Å². The predicted octanol–water partition coefficient (Wildman–Crippen LogP) is 3.11. The van der Waals surface area contributed by atoms with Crippen molar-refractivity contribution in [1.82, 2.24) is 14.9 Å². The quantitative estimate of drug-likeness (QED) is 0.684. The number of rotatable bonds is 6. The van der Waals surface area contributed by atoms with Crippen LogP contribution in [0.15, 0.2) is 54.9 Å². The Morgan fingerprint density at radius 2 is 1.75 bits per heavy atom. The fourth-order valence-electron chi connectivity index (χ4n) is 2.64. The Labute approximate surface area is 141 Å². The number of aromatic nitrogens is 2. The van der Waals surface area contributed by atoms with Crippen molar-refractivity contribution in [2.24, 2.45) is 0 Å². The summed E-state index contributed by atoms with van der Waals surface area (Å²) < 4.78 is 8.08. The molecule has 1 aromatic heterocycles. The van der Waals surface area contributed by atoms with E-state index in [-0.39, 0.29) is 6.04 Å². The molecule has 0 radical (unpaired) electrons. The van der Waals surface area contributed by atoms with Crippen LogP contribution in [-0.4, -0.2) is 33.0 Å². The van der Waals surface area contributed by atoms with Crippen molar-refractivity contribution in [2.75, 3.05) is 0 Å². The van der Waals surface area contributed by atoms with Crippen molar-refractivity contribution in [1.29, 1.82) is 0 Å². The molecule has 0 fully saturated rings. The van der Waals surface area contributed by atoms with Gasteiger partial charge < -0.3 is 9.84 Å². The lowest BCUT2D eigenvalue weighted by Crippen LogP contribution is -2.46. The molecule has 0 amide bonds. The maximum atomic E-state index is 10.0. The van der Waals surface area contributed by atoms with Crippen LogP contribution in [0.3, 0.4) is 0 Å². The Morgan fingerprint density at radius 3 is 2.50 bits per heavy atom. The van der Waals surface area contributed by atoms with Gasteiger partial charge in [-0.2, -0.15) is 0 Å². The highest BCUT2D eigenvalue weighted by atomic mass is 16.5. The van der Waals surface area contributed by atoms with Gasteiger partial charge in [-0.1, -0.05) is 24.3 Å². The summed E-state index contributed by atoms with van der Waals surface area (Å²) in [5, 5.41) is 13.2. The first-order valence-electron chi connectivity index (χ1n) is 8.18. The van der Waals surface area contributed by atoms with Crippen molar-refractivity contribution < 1.29 is 9.84 Å². The number of ether oxygens (including phenoxy) is 1. The van der Waals surface area contributed by atoms with Gasteiger partial charge in [-0.15, -0.1) is 0 Å². The summed E-state index contributed by atoms with van der Waals surface area (Å²) in [4.78, 5) is 4.44. The van der Waals surface area contributed by atoms with Crippen LogP contribution in [0.2, 0.25) is 0 Å². The van der Waals surface area contributed by atoms with Gasteiger partial charge in [-0.3, -0.25) is 9.88 Å². The molecule has 2 unspecified atom stereocenters. The van der Waals surface area contributed by atoms with Crippen LogP contribution in [0.4, 0.5) is 0 Å². The third kappa shape index (κ3) is 3.42. The number of hydrogen-bond acceptors (Lipinski definition) is 4. The molecular weight excluding hydrogens is 302 g/mol. The first-order valence-corrected chi connectivity index (χ1v) is 8.18. The van der Waals surface area contributed by atoms with Crippen LogP contribution in [0.25, 0.3) is 16.7 Å². The minimum atomic E-state index is -0.639. The third-order valence-electron chi connectivity index (χ3n) is 3.77. The zero-order valence-corrected chi connectivity index (χ0v) is 14.2. The van der Waals surface area contributed by atoms with Gasteiger partial charge in [0, 0.05) is 6.04 Å². The fourth-order valence-corrected chi connectivity index (χ4v) is 2.64. The number of aliphatic hydroxyl groups excluding tert-OH is 1. The lowest BCUT2D eigenvalue weighted by molar-refractivity contribution is 0.0218. The zero-order chi connectivity index (χ0) is 17.1. The molecule has 3 aromatic rings. The standard InChI is InChI=1S/C19H23N3O2/c1-13(2)21-19(14(3)23)24-18-11-7-6-10-17(18)22-12-20-15-8-4-5-9-16(15)22/h4-14,19,21,23H,1-3H3. The van der Waals surface area contributed by atoms with E-state index in [9.17, 15) is 5.11 Å². The zero-order valence-electron chi connectivity index (χ0n) is 14.2. The van der Waals surface area contributed by atoms with E-state index in [1.807, 2.05) is 66.9 Å². The molecule has 2 atom stereocenters. The van der Waals surface area contributed by atoms with Gasteiger partial charge in [-0.05, 0) is 45.0 Å². The maximum absolute atomic E-state index is 10.0. The molecule has 0 saturated carbocycles. The Kier molecular flexibility index (Phi) is 4.83. The summed E-state index contributed by atoms with van der Waals surface area (Å²) in [6, 6.07) is 15.9. The van der Waals surface area contributed by atoms with Crippen molar-refractivity contribution in [3.8, 4) is 11.4 Å². The molecule has 24 heavy (non-hydrogen) atoms. The summed E-state index contributed by atoms with van der Waals surface area (Å²) in [6.45, 7) is 5.76. The van der Waals surface area contributed by atoms with Gasteiger partial charge in [0.05, 0.1) is 16.7 Å². The molecule has 0 bridgehead atoms. The van der Waals surface area contributed by atoms with E-state index in [1.54, 1.807) is 13.3 Å². The molecule has 126 valence electrons. The average Bonchev–Trinajstić information content (AvgIpc) is 2.98. The number of nitrogens with zero attached hydrogens (tertiary/aromatic N) is 2. The largest absolute Gasteiger partial charge is 0.470 e. The van der Waals surface area contributed by atoms with Crippen LogP contribution in [0.1, 0.15) is 20.8 Å². The molecule has 5 heteroatoms. The second-order valence-corrected chi connectivity index (χ2v) is 6.17. The number of hydrogen-bond donors (Lipinski definition) is 2. The van der Waals surface area contributed by atoms with Gasteiger partial charge in [-0.25, -0.2) is 4.98 Å². The highest BCUT2D eigenvalue weighted by molar-refractivity contribution is 5.77. The summed E-state index contributed by atoms with van der Waals surface area (Å²) in [7, 11) is 0. The molecule has 0 aliphatic heterocycles. The second-order valence-electron chi connectivity index (χ2n) is 6.17. The molecular formula is C19H23N3O2. The molecule has 0 aliphatic rings. The maximum Gasteiger partial charge on any atom is 0.176 e. The molecule has 1 heterocycles. The molecule has 0 aliphatic carbocycles. The summed E-state index contributed by atoms with van der Waals surface area (Å²) in [5.74, 6) is 0.694. The summed E-state index contributed by atoms with van der Waals surface area (Å²) in [5.41, 5.74) is 2.83. The Balaban J connectivity index is 1.99. The third-order valence-corrected chi connectivity index (χ3v) is 3.77. The van der Waals surface area contributed by atoms with Crippen LogP contribution in [-0.2, 0) is 0 Å². The van der Waals surface area contributed by atoms with E-state index < -0.39 is 12.3 Å². The molecule has 2 aromatic carbocycles. The second kappa shape index (κ2) is 7.03. The Morgan fingerprint density at radius 1 is 1.04 bits per heavy atom. The molecule has 5 nitrogen and oxygen atoms in total. The lowest BCUT2D eigenvalue weighted by atomic mass is 10.2. The van der Waals surface area contributed by atoms with Gasteiger partial charge in [0.1, 0.15) is 18.2 Å². The minimum absolute atomic E-state index is 0.200. The van der Waals surface area contributed by atoms with Gasteiger partial charge >= 0.3 is 0 Å². The normalized spacial score (nSPS) is 14.0. The number of benzene rings is 2.